The molecule has 25 heavy (non-hydrogen) atoms. The summed E-state index contributed by atoms with van der Waals surface area (Å²) in [5.74, 6) is 1.42. The van der Waals surface area contributed by atoms with Gasteiger partial charge in [0, 0.05) is 32.4 Å². The van der Waals surface area contributed by atoms with E-state index in [1.165, 1.54) is 6.42 Å². The number of aliphatic hydroxyl groups is 1. The molecule has 9 heteroatoms. The van der Waals surface area contributed by atoms with Crippen LogP contribution < -0.4 is 4.90 Å². The van der Waals surface area contributed by atoms with Gasteiger partial charge in [0.15, 0.2) is 11.5 Å². The summed E-state index contributed by atoms with van der Waals surface area (Å²) in [6.45, 7) is 2.95. The van der Waals surface area contributed by atoms with Gasteiger partial charge >= 0.3 is 0 Å². The zero-order chi connectivity index (χ0) is 17.1. The summed E-state index contributed by atoms with van der Waals surface area (Å²) in [5.41, 5.74) is 2.55. The molecule has 9 nitrogen and oxygen atoms in total. The SMILES string of the molecule is OCCCc1cn(C[C@H]2CCCN(c3ncnc4nc[nH]c34)C2)nn1. The van der Waals surface area contributed by atoms with Crippen molar-refractivity contribution in [3.63, 3.8) is 0 Å². The van der Waals surface area contributed by atoms with Crippen LogP contribution in [0.5, 0.6) is 0 Å². The van der Waals surface area contributed by atoms with Crippen molar-refractivity contribution in [1.82, 2.24) is 34.9 Å². The lowest BCUT2D eigenvalue weighted by atomic mass is 9.98. The molecule has 1 atom stereocenters. The third-order valence-corrected chi connectivity index (χ3v) is 4.64. The molecule has 4 rings (SSSR count). The number of hydrogen-bond donors (Lipinski definition) is 2. The van der Waals surface area contributed by atoms with Crippen LogP contribution in [0.3, 0.4) is 0 Å². The second kappa shape index (κ2) is 7.14. The van der Waals surface area contributed by atoms with Gasteiger partial charge in [0.1, 0.15) is 11.8 Å². The second-order valence-electron chi connectivity index (χ2n) is 6.51. The smallest absolute Gasteiger partial charge is 0.182 e. The molecule has 0 unspecified atom stereocenters. The van der Waals surface area contributed by atoms with Crippen molar-refractivity contribution >= 4 is 17.0 Å². The van der Waals surface area contributed by atoms with Gasteiger partial charge in [-0.05, 0) is 31.6 Å². The third kappa shape index (κ3) is 3.46. The van der Waals surface area contributed by atoms with Crippen molar-refractivity contribution in [2.75, 3.05) is 24.6 Å². The molecule has 0 bridgehead atoms. The Balaban J connectivity index is 1.44. The highest BCUT2D eigenvalue weighted by Crippen LogP contribution is 2.26. The van der Waals surface area contributed by atoms with Crippen LogP contribution in [0, 0.1) is 5.92 Å². The molecular formula is C16H22N8O. The Hall–Kier alpha value is -2.55. The van der Waals surface area contributed by atoms with Gasteiger partial charge in [-0.1, -0.05) is 5.21 Å². The molecule has 0 aliphatic carbocycles. The first-order valence-electron chi connectivity index (χ1n) is 8.72. The highest BCUT2D eigenvalue weighted by atomic mass is 16.2. The minimum Gasteiger partial charge on any atom is -0.396 e. The van der Waals surface area contributed by atoms with E-state index in [0.29, 0.717) is 11.6 Å². The van der Waals surface area contributed by atoms with E-state index in [1.54, 1.807) is 12.7 Å². The fourth-order valence-electron chi connectivity index (χ4n) is 3.47. The topological polar surface area (TPSA) is 109 Å². The van der Waals surface area contributed by atoms with Crippen LogP contribution in [0.1, 0.15) is 25.0 Å². The fraction of sp³-hybridized carbons (Fsp3) is 0.562. The van der Waals surface area contributed by atoms with Crippen LogP contribution in [0.2, 0.25) is 0 Å². The number of nitrogens with zero attached hydrogens (tertiary/aromatic N) is 7. The van der Waals surface area contributed by atoms with Crippen molar-refractivity contribution in [2.45, 2.75) is 32.2 Å². The number of anilines is 1. The molecule has 0 aromatic carbocycles. The Kier molecular flexibility index (Phi) is 4.55. The largest absolute Gasteiger partial charge is 0.396 e. The van der Waals surface area contributed by atoms with Crippen LogP contribution in [0.25, 0.3) is 11.2 Å². The Labute approximate surface area is 145 Å². The first-order valence-corrected chi connectivity index (χ1v) is 8.72. The minimum absolute atomic E-state index is 0.186. The van der Waals surface area contributed by atoms with E-state index in [4.69, 9.17) is 5.11 Å². The Bertz CT molecular complexity index is 828. The Morgan fingerprint density at radius 1 is 1.28 bits per heavy atom. The van der Waals surface area contributed by atoms with Gasteiger partial charge in [-0.3, -0.25) is 4.68 Å². The number of hydrogen-bond acceptors (Lipinski definition) is 7. The molecular weight excluding hydrogens is 320 g/mol. The normalized spacial score (nSPS) is 18.1. The number of aliphatic hydroxyl groups excluding tert-OH is 1. The van der Waals surface area contributed by atoms with Crippen molar-refractivity contribution in [1.29, 1.82) is 0 Å². The zero-order valence-electron chi connectivity index (χ0n) is 14.0. The van der Waals surface area contributed by atoms with E-state index in [2.05, 4.69) is 35.1 Å². The number of aryl methyl sites for hydroxylation is 1. The molecule has 1 aliphatic rings. The number of H-pyrrole nitrogens is 1. The first kappa shape index (κ1) is 15.9. The minimum atomic E-state index is 0.186. The number of piperidine rings is 1. The molecule has 3 aromatic rings. The van der Waals surface area contributed by atoms with Gasteiger partial charge in [-0.2, -0.15) is 0 Å². The third-order valence-electron chi connectivity index (χ3n) is 4.64. The highest BCUT2D eigenvalue weighted by molar-refractivity contribution is 5.82. The molecule has 0 radical (unpaired) electrons. The van der Waals surface area contributed by atoms with Gasteiger partial charge in [0.2, 0.25) is 0 Å². The number of fused-ring (bicyclic) bond motifs is 1. The zero-order valence-corrected chi connectivity index (χ0v) is 14.0. The first-order chi connectivity index (χ1) is 12.3. The molecule has 3 aromatic heterocycles. The molecule has 2 N–H and O–H groups in total. The number of aromatic nitrogens is 7. The predicted molar refractivity (Wildman–Crippen MR) is 92.0 cm³/mol. The summed E-state index contributed by atoms with van der Waals surface area (Å²) in [7, 11) is 0. The Morgan fingerprint density at radius 2 is 2.24 bits per heavy atom. The number of rotatable bonds is 6. The second-order valence-corrected chi connectivity index (χ2v) is 6.51. The van der Waals surface area contributed by atoms with E-state index in [-0.39, 0.29) is 6.61 Å². The molecule has 0 spiro atoms. The molecule has 1 saturated heterocycles. The maximum absolute atomic E-state index is 8.91. The lowest BCUT2D eigenvalue weighted by molar-refractivity contribution is 0.288. The molecule has 1 fully saturated rings. The lowest BCUT2D eigenvalue weighted by Gasteiger charge is -2.33. The van der Waals surface area contributed by atoms with Crippen LogP contribution in [-0.4, -0.2) is 59.7 Å². The predicted octanol–water partition coefficient (Wildman–Crippen LogP) is 0.786. The summed E-state index contributed by atoms with van der Waals surface area (Å²) in [6.07, 6.45) is 9.01. The van der Waals surface area contributed by atoms with Crippen LogP contribution >= 0.6 is 0 Å². The van der Waals surface area contributed by atoms with E-state index >= 15 is 0 Å². The summed E-state index contributed by atoms with van der Waals surface area (Å²) < 4.78 is 1.92. The molecule has 132 valence electrons. The van der Waals surface area contributed by atoms with E-state index in [0.717, 1.165) is 55.9 Å². The highest BCUT2D eigenvalue weighted by Gasteiger charge is 2.23. The van der Waals surface area contributed by atoms with Gasteiger partial charge in [-0.15, -0.1) is 5.10 Å². The monoisotopic (exact) mass is 342 g/mol. The van der Waals surface area contributed by atoms with E-state index in [9.17, 15) is 0 Å². The summed E-state index contributed by atoms with van der Waals surface area (Å²) in [4.78, 5) is 18.3. The van der Waals surface area contributed by atoms with Crippen molar-refractivity contribution < 1.29 is 5.11 Å². The van der Waals surface area contributed by atoms with Crippen molar-refractivity contribution in [3.05, 3.63) is 24.5 Å². The average molecular weight is 342 g/mol. The lowest BCUT2D eigenvalue weighted by Crippen LogP contribution is -2.37. The molecule has 0 saturated carbocycles. The fourth-order valence-corrected chi connectivity index (χ4v) is 3.47. The summed E-state index contributed by atoms with van der Waals surface area (Å²) >= 11 is 0. The molecule has 1 aliphatic heterocycles. The maximum atomic E-state index is 8.91. The van der Waals surface area contributed by atoms with Gasteiger partial charge in [0.25, 0.3) is 0 Å². The average Bonchev–Trinajstić information content (AvgIpc) is 3.29. The van der Waals surface area contributed by atoms with Gasteiger partial charge in [-0.25, -0.2) is 15.0 Å². The number of nitrogens with one attached hydrogen (secondary N) is 1. The summed E-state index contributed by atoms with van der Waals surface area (Å²) in [6, 6.07) is 0. The molecule has 4 heterocycles. The van der Waals surface area contributed by atoms with Crippen LogP contribution in [0.15, 0.2) is 18.9 Å². The Morgan fingerprint density at radius 3 is 3.16 bits per heavy atom. The van der Waals surface area contributed by atoms with Crippen molar-refractivity contribution in [2.24, 2.45) is 5.92 Å². The standard InChI is InChI=1S/C16H22N8O/c25-6-2-4-13-9-24(22-21-13)8-12-3-1-5-23(7-12)16-14-15(18-10-17-14)19-11-20-16/h9-12,25H,1-8H2,(H,17,18,19,20)/t12-/m0/s1. The number of imidazole rings is 1. The van der Waals surface area contributed by atoms with E-state index in [1.807, 2.05) is 10.9 Å². The maximum Gasteiger partial charge on any atom is 0.182 e. The number of aromatic amines is 1. The summed E-state index contributed by atoms with van der Waals surface area (Å²) in [5, 5.41) is 17.3. The van der Waals surface area contributed by atoms with Crippen LogP contribution in [-0.2, 0) is 13.0 Å². The quantitative estimate of drug-likeness (QED) is 0.681. The van der Waals surface area contributed by atoms with Crippen molar-refractivity contribution in [3.8, 4) is 0 Å². The van der Waals surface area contributed by atoms with E-state index < -0.39 is 0 Å². The van der Waals surface area contributed by atoms with Crippen LogP contribution in [0.4, 0.5) is 5.82 Å². The molecule has 0 amide bonds. The van der Waals surface area contributed by atoms with Gasteiger partial charge in [0.05, 0.1) is 12.0 Å². The van der Waals surface area contributed by atoms with Gasteiger partial charge < -0.3 is 15.0 Å².